The first-order valence-electron chi connectivity index (χ1n) is 4.59. The lowest BCUT2D eigenvalue weighted by molar-refractivity contribution is 1.40. The van der Waals surface area contributed by atoms with Crippen molar-refractivity contribution in [3.63, 3.8) is 0 Å². The fourth-order valence-electron chi connectivity index (χ4n) is 1.69. The number of fused-ring (bicyclic) bond motifs is 1. The average Bonchev–Trinajstić information content (AvgIpc) is 2.83. The van der Waals surface area contributed by atoms with Gasteiger partial charge in [-0.1, -0.05) is 18.2 Å². The number of hydrogen-bond donors (Lipinski definition) is 2. The van der Waals surface area contributed by atoms with Gasteiger partial charge in [0.2, 0.25) is 0 Å². The summed E-state index contributed by atoms with van der Waals surface area (Å²) in [7, 11) is 0. The number of aromatic amines is 2. The van der Waals surface area contributed by atoms with Gasteiger partial charge in [-0.25, -0.2) is 0 Å². The highest BCUT2D eigenvalue weighted by atomic mass is 32.1. The van der Waals surface area contributed by atoms with Gasteiger partial charge >= 0.3 is 0 Å². The molecule has 0 amide bonds. The maximum atomic E-state index is 5.08. The van der Waals surface area contributed by atoms with Gasteiger partial charge < -0.3 is 9.97 Å². The Labute approximate surface area is 95.6 Å². The van der Waals surface area contributed by atoms with Gasteiger partial charge in [0, 0.05) is 28.9 Å². The summed E-state index contributed by atoms with van der Waals surface area (Å²) >= 11 is 6.68. The highest BCUT2D eigenvalue weighted by molar-refractivity contribution is 7.73. The van der Waals surface area contributed by atoms with Crippen molar-refractivity contribution in [3.8, 4) is 10.4 Å². The van der Waals surface area contributed by atoms with Gasteiger partial charge in [-0.3, -0.25) is 0 Å². The predicted molar refractivity (Wildman–Crippen MR) is 66.8 cm³/mol. The number of nitrogens with one attached hydrogen (secondary N) is 2. The van der Waals surface area contributed by atoms with Gasteiger partial charge in [-0.05, 0) is 18.3 Å². The maximum absolute atomic E-state index is 5.08. The molecule has 0 radical (unpaired) electrons. The number of rotatable bonds is 1. The summed E-state index contributed by atoms with van der Waals surface area (Å²) in [5.74, 6) is 0. The van der Waals surface area contributed by atoms with Crippen molar-refractivity contribution in [1.82, 2.24) is 9.97 Å². The molecule has 0 aliphatic heterocycles. The summed E-state index contributed by atoms with van der Waals surface area (Å²) in [4.78, 5) is 7.47. The standard InChI is InChI=1S/C11H8N2S2/c14-11-13-6-10(15-11)8-5-12-9-4-2-1-3-7(8)9/h1-6,12H,(H,13,14). The van der Waals surface area contributed by atoms with Gasteiger partial charge in [-0.2, -0.15) is 0 Å². The molecular weight excluding hydrogens is 224 g/mol. The number of hydrogen-bond acceptors (Lipinski definition) is 2. The Morgan fingerprint density at radius 2 is 1.93 bits per heavy atom. The molecule has 0 unspecified atom stereocenters. The lowest BCUT2D eigenvalue weighted by atomic mass is 10.1. The van der Waals surface area contributed by atoms with Gasteiger partial charge in [0.1, 0.15) is 0 Å². The number of aromatic nitrogens is 2. The van der Waals surface area contributed by atoms with Crippen LogP contribution >= 0.6 is 23.6 Å². The van der Waals surface area contributed by atoms with E-state index in [0.717, 1.165) is 9.47 Å². The molecule has 0 atom stereocenters. The van der Waals surface area contributed by atoms with Crippen molar-refractivity contribution in [2.75, 3.05) is 0 Å². The Kier molecular flexibility index (Phi) is 1.97. The summed E-state index contributed by atoms with van der Waals surface area (Å²) in [6.45, 7) is 0. The molecule has 0 fully saturated rings. The second kappa shape index (κ2) is 3.32. The number of H-pyrrole nitrogens is 2. The first kappa shape index (κ1) is 8.88. The van der Waals surface area contributed by atoms with Crippen LogP contribution in [0.15, 0.2) is 36.7 Å². The van der Waals surface area contributed by atoms with E-state index in [1.165, 1.54) is 15.8 Å². The summed E-state index contributed by atoms with van der Waals surface area (Å²) in [5.41, 5.74) is 2.37. The SMILES string of the molecule is S=c1[nH]cc(-c2c[nH]c3ccccc23)s1. The van der Waals surface area contributed by atoms with Crippen molar-refractivity contribution in [2.45, 2.75) is 0 Å². The minimum Gasteiger partial charge on any atom is -0.361 e. The fraction of sp³-hybridized carbons (Fsp3) is 0. The second-order valence-electron chi connectivity index (χ2n) is 3.29. The quantitative estimate of drug-likeness (QED) is 0.611. The van der Waals surface area contributed by atoms with Crippen molar-refractivity contribution in [2.24, 2.45) is 0 Å². The van der Waals surface area contributed by atoms with Crippen LogP contribution in [-0.4, -0.2) is 9.97 Å². The zero-order valence-electron chi connectivity index (χ0n) is 7.78. The molecule has 15 heavy (non-hydrogen) atoms. The zero-order valence-corrected chi connectivity index (χ0v) is 9.41. The number of thiazole rings is 1. The highest BCUT2D eigenvalue weighted by Gasteiger charge is 2.06. The number of para-hydroxylation sites is 1. The van der Waals surface area contributed by atoms with Gasteiger partial charge in [0.05, 0.1) is 4.88 Å². The van der Waals surface area contributed by atoms with Crippen LogP contribution in [0.2, 0.25) is 0 Å². The third-order valence-electron chi connectivity index (χ3n) is 2.38. The van der Waals surface area contributed by atoms with Crippen molar-refractivity contribution in [1.29, 1.82) is 0 Å². The van der Waals surface area contributed by atoms with E-state index in [1.54, 1.807) is 11.3 Å². The van der Waals surface area contributed by atoms with Crippen molar-refractivity contribution in [3.05, 3.63) is 40.6 Å². The Hall–Kier alpha value is -1.39. The fourth-order valence-corrected chi connectivity index (χ4v) is 2.73. The van der Waals surface area contributed by atoms with E-state index in [1.807, 2.05) is 24.5 Å². The van der Waals surface area contributed by atoms with Crippen molar-refractivity contribution < 1.29 is 0 Å². The lowest BCUT2D eigenvalue weighted by Crippen LogP contribution is -1.67. The summed E-state index contributed by atoms with van der Waals surface area (Å²) < 4.78 is 0.815. The first-order chi connectivity index (χ1) is 7.34. The molecule has 3 rings (SSSR count). The van der Waals surface area contributed by atoms with Crippen LogP contribution in [0.25, 0.3) is 21.3 Å². The van der Waals surface area contributed by atoms with E-state index in [4.69, 9.17) is 12.2 Å². The molecule has 0 aliphatic carbocycles. The number of benzene rings is 1. The minimum absolute atomic E-state index is 0.815. The van der Waals surface area contributed by atoms with Crippen LogP contribution in [0.5, 0.6) is 0 Å². The van der Waals surface area contributed by atoms with Gasteiger partial charge in [0.25, 0.3) is 0 Å². The van der Waals surface area contributed by atoms with E-state index >= 15 is 0 Å². The molecule has 4 heteroatoms. The van der Waals surface area contributed by atoms with Gasteiger partial charge in [-0.15, -0.1) is 11.3 Å². The van der Waals surface area contributed by atoms with Crippen LogP contribution < -0.4 is 0 Å². The van der Waals surface area contributed by atoms with Crippen molar-refractivity contribution >= 4 is 34.5 Å². The largest absolute Gasteiger partial charge is 0.361 e. The molecule has 1 aromatic carbocycles. The molecule has 3 aromatic rings. The molecule has 0 spiro atoms. The van der Waals surface area contributed by atoms with E-state index < -0.39 is 0 Å². The molecule has 2 aromatic heterocycles. The Balaban J connectivity index is 2.32. The summed E-state index contributed by atoms with van der Waals surface area (Å²) in [6, 6.07) is 8.27. The van der Waals surface area contributed by atoms with Gasteiger partial charge in [0.15, 0.2) is 3.95 Å². The van der Waals surface area contributed by atoms with E-state index in [0.29, 0.717) is 0 Å². The van der Waals surface area contributed by atoms with Crippen LogP contribution in [0.4, 0.5) is 0 Å². The predicted octanol–water partition coefficient (Wildman–Crippen LogP) is 3.95. The van der Waals surface area contributed by atoms with E-state index in [2.05, 4.69) is 22.1 Å². The normalized spacial score (nSPS) is 10.9. The van der Waals surface area contributed by atoms with Crippen LogP contribution in [0.1, 0.15) is 0 Å². The first-order valence-corrected chi connectivity index (χ1v) is 5.82. The summed E-state index contributed by atoms with van der Waals surface area (Å²) in [5, 5.41) is 1.24. The maximum Gasteiger partial charge on any atom is 0.158 e. The molecule has 0 saturated carbocycles. The molecule has 2 N–H and O–H groups in total. The molecule has 0 saturated heterocycles. The Bertz CT molecular complexity index is 660. The van der Waals surface area contributed by atoms with Crippen LogP contribution in [0.3, 0.4) is 0 Å². The molecule has 0 bridgehead atoms. The third-order valence-corrected chi connectivity index (χ3v) is 3.61. The molecular formula is C11H8N2S2. The molecule has 2 heterocycles. The van der Waals surface area contributed by atoms with E-state index in [9.17, 15) is 0 Å². The lowest BCUT2D eigenvalue weighted by Gasteiger charge is -1.92. The third kappa shape index (κ3) is 1.42. The molecule has 74 valence electrons. The van der Waals surface area contributed by atoms with E-state index in [-0.39, 0.29) is 0 Å². The average molecular weight is 232 g/mol. The Morgan fingerprint density at radius 1 is 1.07 bits per heavy atom. The Morgan fingerprint density at radius 3 is 2.73 bits per heavy atom. The second-order valence-corrected chi connectivity index (χ2v) is 5.01. The monoisotopic (exact) mass is 232 g/mol. The summed E-state index contributed by atoms with van der Waals surface area (Å²) in [6.07, 6.45) is 3.99. The zero-order chi connectivity index (χ0) is 10.3. The smallest absolute Gasteiger partial charge is 0.158 e. The van der Waals surface area contributed by atoms with Crippen LogP contribution in [-0.2, 0) is 0 Å². The molecule has 2 nitrogen and oxygen atoms in total. The van der Waals surface area contributed by atoms with Crippen LogP contribution in [0, 0.1) is 3.95 Å². The highest BCUT2D eigenvalue weighted by Crippen LogP contribution is 2.31. The minimum atomic E-state index is 0.815. The molecule has 0 aliphatic rings. The topological polar surface area (TPSA) is 31.6 Å².